The summed E-state index contributed by atoms with van der Waals surface area (Å²) in [5, 5.41) is 0.477. The summed E-state index contributed by atoms with van der Waals surface area (Å²) in [4.78, 5) is 14.0. The van der Waals surface area contributed by atoms with Crippen LogP contribution in [0.2, 0.25) is 5.02 Å². The van der Waals surface area contributed by atoms with Crippen molar-refractivity contribution < 1.29 is 17.9 Å². The van der Waals surface area contributed by atoms with Gasteiger partial charge in [0.15, 0.2) is 9.84 Å². The van der Waals surface area contributed by atoms with Gasteiger partial charge < -0.3 is 10.5 Å². The van der Waals surface area contributed by atoms with Crippen molar-refractivity contribution in [2.24, 2.45) is 5.92 Å². The Kier molecular flexibility index (Phi) is 5.34. The van der Waals surface area contributed by atoms with Crippen molar-refractivity contribution in [3.8, 4) is 0 Å². The van der Waals surface area contributed by atoms with Gasteiger partial charge in [-0.3, -0.25) is 4.90 Å². The molecule has 0 aromatic heterocycles. The number of carbonyl (C=O) groups is 1. The average Bonchev–Trinajstić information content (AvgIpc) is 2.36. The number of rotatable bonds is 4. The molecule has 1 amide bonds. The smallest absolute Gasteiger partial charge is 0.414 e. The van der Waals surface area contributed by atoms with Gasteiger partial charge in [0, 0.05) is 11.6 Å². The highest BCUT2D eigenvalue weighted by molar-refractivity contribution is 7.92. The van der Waals surface area contributed by atoms with E-state index in [1.807, 2.05) is 0 Å². The van der Waals surface area contributed by atoms with Gasteiger partial charge >= 0.3 is 6.09 Å². The van der Waals surface area contributed by atoms with Gasteiger partial charge in [-0.25, -0.2) is 13.2 Å². The minimum absolute atomic E-state index is 0.0634. The Bertz CT molecular complexity index is 716. The van der Waals surface area contributed by atoms with E-state index in [9.17, 15) is 13.2 Å². The van der Waals surface area contributed by atoms with Crippen LogP contribution in [0.15, 0.2) is 18.2 Å². The maximum absolute atomic E-state index is 12.5. The largest absolute Gasteiger partial charge is 0.443 e. The lowest BCUT2D eigenvalue weighted by Gasteiger charge is -2.31. The lowest BCUT2D eigenvalue weighted by molar-refractivity contribution is 0.0579. The number of amides is 1. The van der Waals surface area contributed by atoms with E-state index in [2.05, 4.69) is 0 Å². The zero-order valence-corrected chi connectivity index (χ0v) is 15.7. The number of sulfone groups is 1. The van der Waals surface area contributed by atoms with E-state index in [-0.39, 0.29) is 17.4 Å². The van der Waals surface area contributed by atoms with Crippen molar-refractivity contribution in [1.82, 2.24) is 0 Å². The van der Waals surface area contributed by atoms with Crippen molar-refractivity contribution in [2.45, 2.75) is 32.8 Å². The molecule has 0 aliphatic carbocycles. The van der Waals surface area contributed by atoms with Crippen LogP contribution >= 0.6 is 11.6 Å². The van der Waals surface area contributed by atoms with Crippen LogP contribution in [0.25, 0.3) is 0 Å². The summed E-state index contributed by atoms with van der Waals surface area (Å²) in [6.07, 6.45) is 0.0549. The molecule has 1 aliphatic heterocycles. The molecule has 1 aliphatic rings. The van der Waals surface area contributed by atoms with Gasteiger partial charge in [0.25, 0.3) is 0 Å². The lowest BCUT2D eigenvalue weighted by Crippen LogP contribution is -2.42. The van der Waals surface area contributed by atoms with Gasteiger partial charge in [0.2, 0.25) is 0 Å². The highest BCUT2D eigenvalue weighted by Crippen LogP contribution is 2.30. The van der Waals surface area contributed by atoms with Gasteiger partial charge in [-0.15, -0.1) is 0 Å². The maximum Gasteiger partial charge on any atom is 0.414 e. The third kappa shape index (κ3) is 5.01. The predicted molar refractivity (Wildman–Crippen MR) is 96.2 cm³/mol. The quantitative estimate of drug-likeness (QED) is 0.818. The third-order valence-electron chi connectivity index (χ3n) is 3.63. The molecule has 0 saturated carbocycles. The molecule has 134 valence electrons. The summed E-state index contributed by atoms with van der Waals surface area (Å²) < 4.78 is 28.0. The number of ether oxygens (including phenoxy) is 1. The number of nitrogens with two attached hydrogens (primary N) is 1. The molecule has 1 aromatic carbocycles. The van der Waals surface area contributed by atoms with Gasteiger partial charge in [-0.05, 0) is 51.3 Å². The second-order valence-corrected chi connectivity index (χ2v) is 9.66. The van der Waals surface area contributed by atoms with E-state index in [4.69, 9.17) is 22.1 Å². The highest BCUT2D eigenvalue weighted by atomic mass is 35.5. The van der Waals surface area contributed by atoms with Gasteiger partial charge in [0.1, 0.15) is 5.60 Å². The van der Waals surface area contributed by atoms with Crippen molar-refractivity contribution in [1.29, 1.82) is 0 Å². The number of nitrogen functional groups attached to an aromatic ring is 1. The number of hydrogen-bond acceptors (Lipinski definition) is 5. The summed E-state index contributed by atoms with van der Waals surface area (Å²) in [5.41, 5.74) is 6.23. The van der Waals surface area contributed by atoms with Crippen molar-refractivity contribution >= 4 is 38.9 Å². The first-order valence-corrected chi connectivity index (χ1v) is 9.93. The first-order chi connectivity index (χ1) is 11.0. The molecule has 1 aromatic rings. The molecule has 0 unspecified atom stereocenters. The highest BCUT2D eigenvalue weighted by Gasteiger charge is 2.34. The molecule has 0 bridgehead atoms. The normalized spacial score (nSPS) is 17.2. The number of benzene rings is 1. The first kappa shape index (κ1) is 18.9. The molecule has 8 heteroatoms. The molecular formula is C16H23ClN2O4S. The predicted octanol–water partition coefficient (Wildman–Crippen LogP) is 3.10. The fraction of sp³-hybridized carbons (Fsp3) is 0.562. The minimum atomic E-state index is -2.88. The molecule has 1 fully saturated rings. The Morgan fingerprint density at radius 3 is 2.50 bits per heavy atom. The number of hydrogen-bond donors (Lipinski definition) is 1. The molecule has 6 nitrogen and oxygen atoms in total. The summed E-state index contributed by atoms with van der Waals surface area (Å²) in [7, 11) is -2.88. The van der Waals surface area contributed by atoms with Crippen LogP contribution in [0.1, 0.15) is 27.2 Å². The number of halogens is 1. The second-order valence-electron chi connectivity index (χ2n) is 7.07. The Labute approximate surface area is 147 Å². The molecule has 2 rings (SSSR count). The SMILES string of the molecule is CC(C)(C)OC(=O)N(CCC1CS(=O)(=O)C1)c1ccc(Cl)cc1N. The molecule has 24 heavy (non-hydrogen) atoms. The van der Waals surface area contributed by atoms with E-state index in [0.29, 0.717) is 29.4 Å². The Hall–Kier alpha value is -1.47. The van der Waals surface area contributed by atoms with E-state index < -0.39 is 21.5 Å². The van der Waals surface area contributed by atoms with Crippen LogP contribution in [0.5, 0.6) is 0 Å². The lowest BCUT2D eigenvalue weighted by atomic mass is 10.1. The fourth-order valence-corrected chi connectivity index (χ4v) is 4.40. The zero-order valence-electron chi connectivity index (χ0n) is 14.1. The zero-order chi connectivity index (χ0) is 18.1. The Morgan fingerprint density at radius 1 is 1.38 bits per heavy atom. The fourth-order valence-electron chi connectivity index (χ4n) is 2.55. The second kappa shape index (κ2) is 6.80. The monoisotopic (exact) mass is 374 g/mol. The third-order valence-corrected chi connectivity index (χ3v) is 5.83. The van der Waals surface area contributed by atoms with E-state index >= 15 is 0 Å². The maximum atomic E-state index is 12.5. The average molecular weight is 375 g/mol. The van der Waals surface area contributed by atoms with Crippen molar-refractivity contribution in [3.05, 3.63) is 23.2 Å². The van der Waals surface area contributed by atoms with Gasteiger partial charge in [0.05, 0.1) is 22.9 Å². The first-order valence-electron chi connectivity index (χ1n) is 7.73. The summed E-state index contributed by atoms with van der Waals surface area (Å²) >= 11 is 5.92. The number of anilines is 2. The topological polar surface area (TPSA) is 89.7 Å². The number of carbonyl (C=O) groups excluding carboxylic acids is 1. The summed E-state index contributed by atoms with van der Waals surface area (Å²) in [6, 6.07) is 4.89. The van der Waals surface area contributed by atoms with E-state index in [1.54, 1.807) is 39.0 Å². The molecule has 0 radical (unpaired) electrons. The van der Waals surface area contributed by atoms with Crippen molar-refractivity contribution in [3.63, 3.8) is 0 Å². The van der Waals surface area contributed by atoms with Crippen LogP contribution in [0.4, 0.5) is 16.2 Å². The molecule has 2 N–H and O–H groups in total. The summed E-state index contributed by atoms with van der Waals surface area (Å²) in [5.74, 6) is 0.407. The Balaban J connectivity index is 2.16. The van der Waals surface area contributed by atoms with Crippen LogP contribution in [0.3, 0.4) is 0 Å². The standard InChI is InChI=1S/C16H23ClN2O4S/c1-16(2,3)23-15(20)19(7-6-11-9-24(21,22)10-11)14-5-4-12(17)8-13(14)18/h4-5,8,11H,6-7,9-10,18H2,1-3H3. The summed E-state index contributed by atoms with van der Waals surface area (Å²) in [6.45, 7) is 5.69. The van der Waals surface area contributed by atoms with Crippen LogP contribution < -0.4 is 10.6 Å². The Morgan fingerprint density at radius 2 is 2.00 bits per heavy atom. The van der Waals surface area contributed by atoms with Gasteiger partial charge in [-0.2, -0.15) is 0 Å². The minimum Gasteiger partial charge on any atom is -0.443 e. The molecule has 1 saturated heterocycles. The molecule has 1 heterocycles. The van der Waals surface area contributed by atoms with Crippen molar-refractivity contribution in [2.75, 3.05) is 28.7 Å². The van der Waals surface area contributed by atoms with E-state index in [0.717, 1.165) is 0 Å². The number of nitrogens with zero attached hydrogens (tertiary/aromatic N) is 1. The molecular weight excluding hydrogens is 352 g/mol. The van der Waals surface area contributed by atoms with Crippen LogP contribution in [0, 0.1) is 5.92 Å². The van der Waals surface area contributed by atoms with E-state index in [1.165, 1.54) is 4.90 Å². The molecule has 0 spiro atoms. The molecule has 0 atom stereocenters. The van der Waals surface area contributed by atoms with Gasteiger partial charge in [-0.1, -0.05) is 11.6 Å². The van der Waals surface area contributed by atoms with Crippen LogP contribution in [-0.2, 0) is 14.6 Å². The van der Waals surface area contributed by atoms with Crippen LogP contribution in [-0.4, -0.2) is 38.2 Å².